The molecule has 1 aromatic carbocycles. The van der Waals surface area contributed by atoms with Gasteiger partial charge in [-0.25, -0.2) is 4.79 Å². The van der Waals surface area contributed by atoms with E-state index in [1.807, 2.05) is 51.8 Å². The summed E-state index contributed by atoms with van der Waals surface area (Å²) in [5.74, 6) is 0.320. The Kier molecular flexibility index (Phi) is 5.54. The van der Waals surface area contributed by atoms with Crippen LogP contribution in [0.2, 0.25) is 0 Å². The van der Waals surface area contributed by atoms with E-state index in [1.54, 1.807) is 0 Å². The molecule has 1 heterocycles. The molecule has 1 saturated heterocycles. The number of nitrogens with zero attached hydrogens (tertiary/aromatic N) is 1. The van der Waals surface area contributed by atoms with E-state index in [9.17, 15) is 9.59 Å². The van der Waals surface area contributed by atoms with Gasteiger partial charge in [0.1, 0.15) is 11.8 Å². The van der Waals surface area contributed by atoms with Gasteiger partial charge in [-0.2, -0.15) is 0 Å². The molecule has 0 bridgehead atoms. The van der Waals surface area contributed by atoms with Crippen LogP contribution in [-0.4, -0.2) is 44.0 Å². The summed E-state index contributed by atoms with van der Waals surface area (Å²) in [7, 11) is 7.35. The molecule has 1 fully saturated rings. The van der Waals surface area contributed by atoms with Gasteiger partial charge in [0.25, 0.3) is 0 Å². The number of aryl methyl sites for hydroxylation is 2. The first-order valence-electron chi connectivity index (χ1n) is 8.44. The van der Waals surface area contributed by atoms with E-state index in [0.29, 0.717) is 5.75 Å². The molecule has 0 amide bonds. The molecule has 0 spiro atoms. The Morgan fingerprint density at radius 3 is 2.54 bits per heavy atom. The molecule has 5 heteroatoms. The van der Waals surface area contributed by atoms with Crippen LogP contribution in [0.4, 0.5) is 0 Å². The van der Waals surface area contributed by atoms with Gasteiger partial charge in [-0.1, -0.05) is 19.9 Å². The van der Waals surface area contributed by atoms with E-state index >= 15 is 0 Å². The summed E-state index contributed by atoms with van der Waals surface area (Å²) < 4.78 is 5.80. The summed E-state index contributed by atoms with van der Waals surface area (Å²) in [6, 6.07) is 3.72. The Labute approximate surface area is 146 Å². The first-order chi connectivity index (χ1) is 11.1. The second-order valence-electron chi connectivity index (χ2n) is 7.54. The number of benzene rings is 1. The minimum atomic E-state index is -0.499. The predicted molar refractivity (Wildman–Crippen MR) is 95.6 cm³/mol. The number of likely N-dealkylation sites (tertiary alicyclic amines) is 1. The molecule has 1 unspecified atom stereocenters. The molecule has 2 radical (unpaired) electrons. The summed E-state index contributed by atoms with van der Waals surface area (Å²) in [6.45, 7) is 8.76. The Balaban J connectivity index is 2.38. The molecule has 24 heavy (non-hydrogen) atoms. The summed E-state index contributed by atoms with van der Waals surface area (Å²) in [6.07, 6.45) is 2.02. The van der Waals surface area contributed by atoms with E-state index < -0.39 is 5.41 Å². The lowest BCUT2D eigenvalue weighted by atomic mass is 9.74. The normalized spacial score (nSPS) is 18.6. The summed E-state index contributed by atoms with van der Waals surface area (Å²) in [4.78, 5) is 26.1. The fraction of sp³-hybridized carbons (Fsp3) is 0.579. The van der Waals surface area contributed by atoms with Gasteiger partial charge in [0.05, 0.1) is 5.68 Å². The molecule has 4 nitrogen and oxygen atoms in total. The van der Waals surface area contributed by atoms with Crippen LogP contribution in [0.5, 0.6) is 5.75 Å². The fourth-order valence-corrected chi connectivity index (χ4v) is 3.78. The number of hydrogen-bond donors (Lipinski definition) is 0. The van der Waals surface area contributed by atoms with Crippen LogP contribution < -0.4 is 4.74 Å². The molecule has 0 saturated carbocycles. The van der Waals surface area contributed by atoms with Gasteiger partial charge in [-0.3, -0.25) is 4.90 Å². The zero-order valence-electron chi connectivity index (χ0n) is 15.3. The minimum absolute atomic E-state index is 0.196. The highest BCUT2D eigenvalue weighted by Crippen LogP contribution is 2.38. The van der Waals surface area contributed by atoms with Crippen LogP contribution in [-0.2, 0) is 15.0 Å². The summed E-state index contributed by atoms with van der Waals surface area (Å²) in [5, 5.41) is 0. The zero-order valence-corrected chi connectivity index (χ0v) is 15.3. The Morgan fingerprint density at radius 1 is 1.33 bits per heavy atom. The van der Waals surface area contributed by atoms with Gasteiger partial charge in [0.15, 0.2) is 7.85 Å². The maximum atomic E-state index is 12.6. The van der Waals surface area contributed by atoms with Crippen molar-refractivity contribution in [3.05, 3.63) is 28.8 Å². The van der Waals surface area contributed by atoms with Crippen molar-refractivity contribution in [2.24, 2.45) is 0 Å². The van der Waals surface area contributed by atoms with Gasteiger partial charge in [-0.05, 0) is 62.9 Å². The molecule has 1 aromatic rings. The third kappa shape index (κ3) is 4.07. The summed E-state index contributed by atoms with van der Waals surface area (Å²) >= 11 is 0. The third-order valence-electron chi connectivity index (χ3n) is 4.74. The topological polar surface area (TPSA) is 46.6 Å². The van der Waals surface area contributed by atoms with E-state index in [0.717, 1.165) is 36.1 Å². The number of rotatable bonds is 5. The second-order valence-corrected chi connectivity index (χ2v) is 7.54. The Hall–Kier alpha value is -1.62. The monoisotopic (exact) mass is 327 g/mol. The van der Waals surface area contributed by atoms with Gasteiger partial charge < -0.3 is 9.53 Å². The smallest absolute Gasteiger partial charge is 0.328 e. The van der Waals surface area contributed by atoms with Crippen molar-refractivity contribution in [3.8, 4) is 5.75 Å². The molecule has 1 aliphatic heterocycles. The van der Waals surface area contributed by atoms with E-state index in [-0.39, 0.29) is 24.1 Å². The standard InChI is InChI=1S/C19H26BNO3/c1-12-9-13(2)17(19(3,4)11-16(20)22)15(10-12)24-18(23)14-7-6-8-21(14)5/h9-10,14H,6-8,11H2,1-5H3. The zero-order chi connectivity index (χ0) is 18.1. The van der Waals surface area contributed by atoms with Gasteiger partial charge in [-0.15, -0.1) is 0 Å². The first-order valence-corrected chi connectivity index (χ1v) is 8.44. The van der Waals surface area contributed by atoms with E-state index in [2.05, 4.69) is 0 Å². The maximum absolute atomic E-state index is 12.6. The van der Waals surface area contributed by atoms with Crippen LogP contribution >= 0.6 is 0 Å². The fourth-order valence-electron chi connectivity index (χ4n) is 3.78. The third-order valence-corrected chi connectivity index (χ3v) is 4.74. The molecule has 1 atom stereocenters. The quantitative estimate of drug-likeness (QED) is 0.474. The SMILES string of the molecule is [B]C(=O)CC(C)(C)c1c(C)cc(C)cc1OC(=O)C1CCCN1C. The average Bonchev–Trinajstić information content (AvgIpc) is 2.81. The van der Waals surface area contributed by atoms with Crippen molar-refractivity contribution >= 4 is 19.5 Å². The number of esters is 1. The molecular weight excluding hydrogens is 301 g/mol. The van der Waals surface area contributed by atoms with Crippen molar-refractivity contribution in [2.45, 2.75) is 58.4 Å². The van der Waals surface area contributed by atoms with Crippen molar-refractivity contribution in [1.82, 2.24) is 4.90 Å². The van der Waals surface area contributed by atoms with Gasteiger partial charge in [0, 0.05) is 12.0 Å². The largest absolute Gasteiger partial charge is 0.425 e. The minimum Gasteiger partial charge on any atom is -0.425 e. The number of ether oxygens (including phenoxy) is 1. The molecule has 0 N–H and O–H groups in total. The number of carbonyl (C=O) groups excluding carboxylic acids is 2. The lowest BCUT2D eigenvalue weighted by Crippen LogP contribution is -2.36. The lowest BCUT2D eigenvalue weighted by molar-refractivity contribution is -0.139. The molecule has 1 aliphatic rings. The molecule has 0 aromatic heterocycles. The molecule has 128 valence electrons. The first kappa shape index (κ1) is 18.7. The maximum Gasteiger partial charge on any atom is 0.328 e. The van der Waals surface area contributed by atoms with Crippen molar-refractivity contribution < 1.29 is 14.3 Å². The highest BCUT2D eigenvalue weighted by molar-refractivity contribution is 6.57. The number of hydrogen-bond acceptors (Lipinski definition) is 4. The van der Waals surface area contributed by atoms with Gasteiger partial charge >= 0.3 is 5.97 Å². The van der Waals surface area contributed by atoms with Crippen molar-refractivity contribution in [1.29, 1.82) is 0 Å². The van der Waals surface area contributed by atoms with Crippen LogP contribution in [0.15, 0.2) is 12.1 Å². The highest BCUT2D eigenvalue weighted by atomic mass is 16.5. The highest BCUT2D eigenvalue weighted by Gasteiger charge is 2.33. The number of carbonyl (C=O) groups is 2. The lowest BCUT2D eigenvalue weighted by Gasteiger charge is -2.29. The predicted octanol–water partition coefficient (Wildman–Crippen LogP) is 2.67. The van der Waals surface area contributed by atoms with Crippen LogP contribution in [0, 0.1) is 13.8 Å². The van der Waals surface area contributed by atoms with Crippen molar-refractivity contribution in [2.75, 3.05) is 13.6 Å². The molecule has 0 aliphatic carbocycles. The van der Waals surface area contributed by atoms with Crippen LogP contribution in [0.3, 0.4) is 0 Å². The Morgan fingerprint density at radius 2 is 2.00 bits per heavy atom. The van der Waals surface area contributed by atoms with E-state index in [1.165, 1.54) is 0 Å². The second kappa shape index (κ2) is 7.10. The van der Waals surface area contributed by atoms with Crippen LogP contribution in [0.1, 0.15) is 49.8 Å². The molecule has 2 rings (SSSR count). The summed E-state index contributed by atoms with van der Waals surface area (Å²) in [5.41, 5.74) is 2.03. The van der Waals surface area contributed by atoms with Crippen LogP contribution in [0.25, 0.3) is 0 Å². The van der Waals surface area contributed by atoms with Crippen molar-refractivity contribution in [3.63, 3.8) is 0 Å². The molecular formula is C19H26BNO3. The Bertz CT molecular complexity index is 654. The van der Waals surface area contributed by atoms with E-state index in [4.69, 9.17) is 12.6 Å². The average molecular weight is 327 g/mol. The number of likely N-dealkylation sites (N-methyl/N-ethyl adjacent to an activating group) is 1. The van der Waals surface area contributed by atoms with Gasteiger partial charge in [0.2, 0.25) is 0 Å².